The van der Waals surface area contributed by atoms with Crippen molar-refractivity contribution in [3.05, 3.63) is 40.7 Å². The summed E-state index contributed by atoms with van der Waals surface area (Å²) in [4.78, 5) is 22.1. The third-order valence-electron chi connectivity index (χ3n) is 5.04. The molecule has 0 aliphatic rings. The number of rotatable bonds is 7. The summed E-state index contributed by atoms with van der Waals surface area (Å²) in [6.07, 6.45) is 0.875. The maximum Gasteiger partial charge on any atom is 0.280 e. The van der Waals surface area contributed by atoms with Gasteiger partial charge >= 0.3 is 0 Å². The Morgan fingerprint density at radius 1 is 1.18 bits per heavy atom. The van der Waals surface area contributed by atoms with Crippen LogP contribution >= 0.6 is 11.3 Å². The molecule has 0 fully saturated rings. The summed E-state index contributed by atoms with van der Waals surface area (Å²) in [5, 5.41) is 5.24. The average molecular weight is 400 g/mol. The van der Waals surface area contributed by atoms with Crippen LogP contribution in [0.2, 0.25) is 0 Å². The lowest BCUT2D eigenvalue weighted by molar-refractivity contribution is 0.0980. The predicted octanol–water partition coefficient (Wildman–Crippen LogP) is 4.04. The molecule has 150 valence electrons. The second kappa shape index (κ2) is 8.41. The van der Waals surface area contributed by atoms with Crippen molar-refractivity contribution in [3.63, 3.8) is 0 Å². The van der Waals surface area contributed by atoms with Gasteiger partial charge in [-0.2, -0.15) is 5.10 Å². The topological polar surface area (TPSA) is 54.3 Å². The molecular formula is C21H29N5OS. The Kier molecular flexibility index (Phi) is 6.15. The minimum Gasteiger partial charge on any atom is -0.309 e. The molecule has 0 atom stereocenters. The zero-order valence-corrected chi connectivity index (χ0v) is 18.4. The average Bonchev–Trinajstić information content (AvgIpc) is 3.25. The molecule has 0 saturated heterocycles. The maximum atomic E-state index is 13.3. The number of amides is 1. The fourth-order valence-corrected chi connectivity index (χ4v) is 4.28. The van der Waals surface area contributed by atoms with Gasteiger partial charge in [-0.1, -0.05) is 17.4 Å². The third kappa shape index (κ3) is 4.10. The van der Waals surface area contributed by atoms with Gasteiger partial charge in [-0.25, -0.2) is 4.98 Å². The number of fused-ring (bicyclic) bond motifs is 1. The van der Waals surface area contributed by atoms with Crippen molar-refractivity contribution in [1.29, 1.82) is 0 Å². The molecule has 2 aromatic heterocycles. The van der Waals surface area contributed by atoms with Gasteiger partial charge in [0, 0.05) is 18.8 Å². The fraction of sp³-hybridized carbons (Fsp3) is 0.476. The van der Waals surface area contributed by atoms with Crippen LogP contribution in [0.3, 0.4) is 0 Å². The molecule has 0 saturated carbocycles. The summed E-state index contributed by atoms with van der Waals surface area (Å²) in [6, 6.07) is 6.08. The van der Waals surface area contributed by atoms with Gasteiger partial charge in [0.2, 0.25) is 0 Å². The normalized spacial score (nSPS) is 11.5. The van der Waals surface area contributed by atoms with Gasteiger partial charge in [0.25, 0.3) is 5.91 Å². The van der Waals surface area contributed by atoms with E-state index in [4.69, 9.17) is 4.98 Å². The first-order valence-electron chi connectivity index (χ1n) is 9.69. The number of aryl methyl sites for hydroxylation is 4. The zero-order chi connectivity index (χ0) is 20.4. The van der Waals surface area contributed by atoms with E-state index in [0.29, 0.717) is 12.2 Å². The van der Waals surface area contributed by atoms with Crippen molar-refractivity contribution in [2.45, 2.75) is 40.7 Å². The summed E-state index contributed by atoms with van der Waals surface area (Å²) in [6.45, 7) is 10.5. The van der Waals surface area contributed by atoms with E-state index in [0.717, 1.165) is 40.6 Å². The minimum atomic E-state index is -0.0810. The van der Waals surface area contributed by atoms with E-state index < -0.39 is 0 Å². The molecule has 2 heterocycles. The van der Waals surface area contributed by atoms with E-state index in [1.54, 1.807) is 16.2 Å². The Labute approximate surface area is 170 Å². The molecule has 1 aromatic carbocycles. The number of thiazole rings is 1. The van der Waals surface area contributed by atoms with Gasteiger partial charge in [-0.3, -0.25) is 14.4 Å². The molecule has 0 radical (unpaired) electrons. The standard InChI is InChI=1S/C21H29N5OS/c1-7-26-15(3)13-17(23-26)20(27)25(12-8-11-24(5)6)21-22-19-16(4)14(2)9-10-18(19)28-21/h9-10,13H,7-8,11-12H2,1-6H3. The smallest absolute Gasteiger partial charge is 0.280 e. The first-order chi connectivity index (χ1) is 13.3. The van der Waals surface area contributed by atoms with Gasteiger partial charge in [0.1, 0.15) is 0 Å². The molecule has 0 spiro atoms. The number of benzene rings is 1. The van der Waals surface area contributed by atoms with Crippen LogP contribution in [0.15, 0.2) is 18.2 Å². The van der Waals surface area contributed by atoms with Crippen LogP contribution < -0.4 is 4.90 Å². The van der Waals surface area contributed by atoms with Crippen LogP contribution in [-0.4, -0.2) is 52.8 Å². The van der Waals surface area contributed by atoms with Crippen LogP contribution in [0.1, 0.15) is 40.7 Å². The zero-order valence-electron chi connectivity index (χ0n) is 17.6. The maximum absolute atomic E-state index is 13.3. The fourth-order valence-electron chi connectivity index (χ4n) is 3.23. The summed E-state index contributed by atoms with van der Waals surface area (Å²) >= 11 is 1.57. The van der Waals surface area contributed by atoms with Crippen molar-refractivity contribution < 1.29 is 4.79 Å². The van der Waals surface area contributed by atoms with Gasteiger partial charge in [0.05, 0.1) is 10.2 Å². The minimum absolute atomic E-state index is 0.0810. The Bertz CT molecular complexity index is 988. The molecule has 1 amide bonds. The highest BCUT2D eigenvalue weighted by Crippen LogP contribution is 2.32. The van der Waals surface area contributed by atoms with Crippen molar-refractivity contribution in [2.24, 2.45) is 0 Å². The lowest BCUT2D eigenvalue weighted by Crippen LogP contribution is -2.33. The lowest BCUT2D eigenvalue weighted by Gasteiger charge is -2.20. The largest absolute Gasteiger partial charge is 0.309 e. The highest BCUT2D eigenvalue weighted by atomic mass is 32.1. The highest BCUT2D eigenvalue weighted by Gasteiger charge is 2.24. The molecule has 0 N–H and O–H groups in total. The van der Waals surface area contributed by atoms with Gasteiger partial charge in [-0.15, -0.1) is 0 Å². The summed E-state index contributed by atoms with van der Waals surface area (Å²) in [7, 11) is 4.09. The monoisotopic (exact) mass is 399 g/mol. The molecule has 3 rings (SSSR count). The molecule has 0 unspecified atom stereocenters. The number of hydrogen-bond acceptors (Lipinski definition) is 5. The van der Waals surface area contributed by atoms with Crippen LogP contribution in [0, 0.1) is 20.8 Å². The molecule has 7 heteroatoms. The molecule has 3 aromatic rings. The first-order valence-corrected chi connectivity index (χ1v) is 10.5. The van der Waals surface area contributed by atoms with E-state index in [-0.39, 0.29) is 5.91 Å². The summed E-state index contributed by atoms with van der Waals surface area (Å²) in [5.74, 6) is -0.0810. The van der Waals surface area contributed by atoms with Crippen molar-refractivity contribution in [2.75, 3.05) is 32.1 Å². The Hall–Kier alpha value is -2.25. The van der Waals surface area contributed by atoms with Crippen molar-refractivity contribution in [3.8, 4) is 0 Å². The Balaban J connectivity index is 1.98. The number of carbonyl (C=O) groups excluding carboxylic acids is 1. The number of nitrogens with zero attached hydrogens (tertiary/aromatic N) is 5. The van der Waals surface area contributed by atoms with Crippen LogP contribution in [0.4, 0.5) is 5.13 Å². The lowest BCUT2D eigenvalue weighted by atomic mass is 10.1. The van der Waals surface area contributed by atoms with E-state index in [1.165, 1.54) is 11.1 Å². The quantitative estimate of drug-likeness (QED) is 0.602. The third-order valence-corrected chi connectivity index (χ3v) is 6.08. The van der Waals surface area contributed by atoms with Gasteiger partial charge in [-0.05, 0) is 78.0 Å². The molecule has 0 aliphatic carbocycles. The van der Waals surface area contributed by atoms with Gasteiger partial charge < -0.3 is 4.90 Å². The Morgan fingerprint density at radius 2 is 1.93 bits per heavy atom. The van der Waals surface area contributed by atoms with Crippen molar-refractivity contribution in [1.82, 2.24) is 19.7 Å². The second-order valence-corrected chi connectivity index (χ2v) is 8.46. The van der Waals surface area contributed by atoms with Crippen LogP contribution in [0.5, 0.6) is 0 Å². The summed E-state index contributed by atoms with van der Waals surface area (Å²) < 4.78 is 2.97. The first kappa shape index (κ1) is 20.5. The summed E-state index contributed by atoms with van der Waals surface area (Å²) in [5.41, 5.74) is 4.85. The molecule has 0 bridgehead atoms. The number of carbonyl (C=O) groups is 1. The molecule has 0 aliphatic heterocycles. The van der Waals surface area contributed by atoms with Crippen LogP contribution in [0.25, 0.3) is 10.2 Å². The van der Waals surface area contributed by atoms with Gasteiger partial charge in [0.15, 0.2) is 10.8 Å². The SMILES string of the molecule is CCn1nc(C(=O)N(CCCN(C)C)c2nc3c(C)c(C)ccc3s2)cc1C. The second-order valence-electron chi connectivity index (χ2n) is 7.45. The van der Waals surface area contributed by atoms with E-state index in [1.807, 2.05) is 38.7 Å². The number of hydrogen-bond donors (Lipinski definition) is 0. The highest BCUT2D eigenvalue weighted by molar-refractivity contribution is 7.22. The Morgan fingerprint density at radius 3 is 2.57 bits per heavy atom. The molecule has 6 nitrogen and oxygen atoms in total. The molecular weight excluding hydrogens is 370 g/mol. The number of aromatic nitrogens is 3. The van der Waals surface area contributed by atoms with Crippen molar-refractivity contribution >= 4 is 32.6 Å². The molecule has 28 heavy (non-hydrogen) atoms. The van der Waals surface area contributed by atoms with Crippen LogP contribution in [-0.2, 0) is 6.54 Å². The van der Waals surface area contributed by atoms with E-state index in [9.17, 15) is 4.79 Å². The van der Waals surface area contributed by atoms with E-state index >= 15 is 0 Å². The number of anilines is 1. The van der Waals surface area contributed by atoms with E-state index in [2.05, 4.69) is 36.0 Å². The predicted molar refractivity (Wildman–Crippen MR) is 117 cm³/mol.